The van der Waals surface area contributed by atoms with Crippen LogP contribution in [0, 0.1) is 26.2 Å². The fourth-order valence-corrected chi connectivity index (χ4v) is 1.52. The Bertz CT molecular complexity index is 534. The molecule has 0 atom stereocenters. The van der Waals surface area contributed by atoms with Gasteiger partial charge in [-0.25, -0.2) is 0 Å². The molecule has 0 bridgehead atoms. The molecule has 14 heavy (non-hydrogen) atoms. The molecule has 2 nitrogen and oxygen atoms in total. The molecule has 0 aromatic carbocycles. The van der Waals surface area contributed by atoms with E-state index in [0.29, 0.717) is 0 Å². The zero-order chi connectivity index (χ0) is 10.1. The molecular formula is C12H11NO. The zero-order valence-electron chi connectivity index (χ0n) is 8.22. The summed E-state index contributed by atoms with van der Waals surface area (Å²) in [6, 6.07) is 1.98. The van der Waals surface area contributed by atoms with Crippen LogP contribution in [0.5, 0.6) is 0 Å². The molecule has 2 heterocycles. The molecule has 0 spiro atoms. The van der Waals surface area contributed by atoms with Gasteiger partial charge in [-0.05, 0) is 26.0 Å². The summed E-state index contributed by atoms with van der Waals surface area (Å²) in [5.74, 6) is 3.26. The third-order valence-corrected chi connectivity index (χ3v) is 2.21. The van der Waals surface area contributed by atoms with Crippen LogP contribution in [0.15, 0.2) is 16.6 Å². The monoisotopic (exact) mass is 185 g/mol. The summed E-state index contributed by atoms with van der Waals surface area (Å²) < 4.78 is 5.61. The normalized spacial score (nSPS) is 11.2. The Morgan fingerprint density at radius 3 is 2.93 bits per heavy atom. The first-order valence-corrected chi connectivity index (χ1v) is 4.43. The van der Waals surface area contributed by atoms with Crippen molar-refractivity contribution in [1.82, 2.24) is 4.98 Å². The molecule has 1 N–H and O–H groups in total. The van der Waals surface area contributed by atoms with Crippen molar-refractivity contribution in [2.24, 2.45) is 0 Å². The molecule has 0 amide bonds. The van der Waals surface area contributed by atoms with Gasteiger partial charge in [-0.2, -0.15) is 0 Å². The molecule has 2 heteroatoms. The van der Waals surface area contributed by atoms with Crippen molar-refractivity contribution < 1.29 is 4.42 Å². The fourth-order valence-electron chi connectivity index (χ4n) is 1.52. The van der Waals surface area contributed by atoms with E-state index in [2.05, 4.69) is 10.9 Å². The van der Waals surface area contributed by atoms with E-state index >= 15 is 0 Å². The van der Waals surface area contributed by atoms with E-state index < -0.39 is 0 Å². The second-order valence-electron chi connectivity index (χ2n) is 3.28. The standard InChI is InChI=1S/C12H11NO/c1-4-5-6-10-9(3)12-11(14-10)7-8(2)13-12/h1,5-7,13H,2-3H3/b6-5-. The Kier molecular flexibility index (Phi) is 1.94. The van der Waals surface area contributed by atoms with Gasteiger partial charge in [-0.1, -0.05) is 5.92 Å². The molecule has 0 fully saturated rings. The number of furan rings is 1. The Morgan fingerprint density at radius 2 is 2.29 bits per heavy atom. The van der Waals surface area contributed by atoms with Gasteiger partial charge in [0.15, 0.2) is 5.58 Å². The first-order chi connectivity index (χ1) is 6.72. The quantitative estimate of drug-likeness (QED) is 0.680. The van der Waals surface area contributed by atoms with Crippen molar-refractivity contribution >= 4 is 17.2 Å². The number of allylic oxidation sites excluding steroid dienone is 1. The maximum atomic E-state index is 5.61. The van der Waals surface area contributed by atoms with Gasteiger partial charge in [0.25, 0.3) is 0 Å². The lowest BCUT2D eigenvalue weighted by atomic mass is 10.2. The highest BCUT2D eigenvalue weighted by Crippen LogP contribution is 2.26. The number of rotatable bonds is 1. The highest BCUT2D eigenvalue weighted by molar-refractivity contribution is 5.82. The maximum Gasteiger partial charge on any atom is 0.153 e. The van der Waals surface area contributed by atoms with Gasteiger partial charge in [0.1, 0.15) is 5.76 Å². The van der Waals surface area contributed by atoms with Crippen molar-refractivity contribution in [3.05, 3.63) is 29.2 Å². The third kappa shape index (κ3) is 1.23. The van der Waals surface area contributed by atoms with Gasteiger partial charge in [0.05, 0.1) is 5.52 Å². The van der Waals surface area contributed by atoms with Gasteiger partial charge < -0.3 is 9.40 Å². The topological polar surface area (TPSA) is 28.9 Å². The van der Waals surface area contributed by atoms with Crippen molar-refractivity contribution in [2.75, 3.05) is 0 Å². The molecule has 2 rings (SSSR count). The summed E-state index contributed by atoms with van der Waals surface area (Å²) >= 11 is 0. The van der Waals surface area contributed by atoms with Crippen LogP contribution >= 0.6 is 0 Å². The summed E-state index contributed by atoms with van der Waals surface area (Å²) in [7, 11) is 0. The minimum atomic E-state index is 0.823. The van der Waals surface area contributed by atoms with E-state index in [1.807, 2.05) is 19.9 Å². The first-order valence-electron chi connectivity index (χ1n) is 4.43. The molecule has 70 valence electrons. The highest BCUT2D eigenvalue weighted by atomic mass is 16.3. The number of hydrogen-bond acceptors (Lipinski definition) is 1. The van der Waals surface area contributed by atoms with E-state index in [1.165, 1.54) is 0 Å². The summed E-state index contributed by atoms with van der Waals surface area (Å²) in [5, 5.41) is 0. The summed E-state index contributed by atoms with van der Waals surface area (Å²) in [6.07, 6.45) is 8.57. The Hall–Kier alpha value is -1.88. The maximum absolute atomic E-state index is 5.61. The molecule has 0 radical (unpaired) electrons. The third-order valence-electron chi connectivity index (χ3n) is 2.21. The average Bonchev–Trinajstić information content (AvgIpc) is 2.63. The van der Waals surface area contributed by atoms with Crippen LogP contribution in [0.1, 0.15) is 17.0 Å². The molecule has 2 aromatic rings. The number of nitrogens with one attached hydrogen (secondary N) is 1. The van der Waals surface area contributed by atoms with Crippen LogP contribution < -0.4 is 0 Å². The van der Waals surface area contributed by atoms with E-state index in [0.717, 1.165) is 28.1 Å². The van der Waals surface area contributed by atoms with Crippen LogP contribution in [0.4, 0.5) is 0 Å². The second kappa shape index (κ2) is 3.12. The first kappa shape index (κ1) is 8.71. The van der Waals surface area contributed by atoms with Crippen molar-refractivity contribution in [3.8, 4) is 12.3 Å². The molecule has 2 aromatic heterocycles. The minimum absolute atomic E-state index is 0.823. The molecule has 0 aliphatic carbocycles. The number of hydrogen-bond donors (Lipinski definition) is 1. The van der Waals surface area contributed by atoms with Crippen LogP contribution in [-0.4, -0.2) is 4.98 Å². The van der Waals surface area contributed by atoms with Crippen molar-refractivity contribution in [2.45, 2.75) is 13.8 Å². The fraction of sp³-hybridized carbons (Fsp3) is 0.167. The molecule has 0 aliphatic heterocycles. The molecule has 0 saturated heterocycles. The van der Waals surface area contributed by atoms with Crippen LogP contribution in [0.25, 0.3) is 17.2 Å². The van der Waals surface area contributed by atoms with Crippen LogP contribution in [0.2, 0.25) is 0 Å². The van der Waals surface area contributed by atoms with E-state index in [9.17, 15) is 0 Å². The molecule has 0 saturated carbocycles. The number of aryl methyl sites for hydroxylation is 2. The van der Waals surface area contributed by atoms with Gasteiger partial charge >= 0.3 is 0 Å². The average molecular weight is 185 g/mol. The summed E-state index contributed by atoms with van der Waals surface area (Å²) in [6.45, 7) is 4.02. The van der Waals surface area contributed by atoms with Crippen LogP contribution in [-0.2, 0) is 0 Å². The minimum Gasteiger partial charge on any atom is -0.455 e. The highest BCUT2D eigenvalue weighted by Gasteiger charge is 2.09. The number of H-pyrrole nitrogens is 1. The lowest BCUT2D eigenvalue weighted by molar-refractivity contribution is 0.601. The van der Waals surface area contributed by atoms with Gasteiger partial charge in [0, 0.05) is 17.3 Å². The van der Waals surface area contributed by atoms with Gasteiger partial charge in [0.2, 0.25) is 0 Å². The van der Waals surface area contributed by atoms with E-state index in [4.69, 9.17) is 10.8 Å². The lowest BCUT2D eigenvalue weighted by Gasteiger charge is -1.88. The predicted molar refractivity (Wildman–Crippen MR) is 57.9 cm³/mol. The van der Waals surface area contributed by atoms with E-state index in [-0.39, 0.29) is 0 Å². The van der Waals surface area contributed by atoms with Gasteiger partial charge in [-0.15, -0.1) is 6.42 Å². The Morgan fingerprint density at radius 1 is 1.50 bits per heavy atom. The zero-order valence-corrected chi connectivity index (χ0v) is 8.22. The van der Waals surface area contributed by atoms with Crippen LogP contribution in [0.3, 0.4) is 0 Å². The number of aromatic amines is 1. The smallest absolute Gasteiger partial charge is 0.153 e. The van der Waals surface area contributed by atoms with Crippen molar-refractivity contribution in [3.63, 3.8) is 0 Å². The summed E-state index contributed by atoms with van der Waals surface area (Å²) in [5.41, 5.74) is 4.14. The molecule has 0 aliphatic rings. The number of aromatic nitrogens is 1. The SMILES string of the molecule is C#C/C=C\c1oc2cc(C)[nH]c2c1C. The molecular weight excluding hydrogens is 174 g/mol. The molecule has 0 unspecified atom stereocenters. The Labute approximate surface area is 82.6 Å². The van der Waals surface area contributed by atoms with E-state index in [1.54, 1.807) is 12.2 Å². The lowest BCUT2D eigenvalue weighted by Crippen LogP contribution is -1.74. The predicted octanol–water partition coefficient (Wildman–Crippen LogP) is 3.02. The second-order valence-corrected chi connectivity index (χ2v) is 3.28. The van der Waals surface area contributed by atoms with Gasteiger partial charge in [-0.3, -0.25) is 0 Å². The largest absolute Gasteiger partial charge is 0.455 e. The summed E-state index contributed by atoms with van der Waals surface area (Å²) in [4.78, 5) is 3.24. The number of fused-ring (bicyclic) bond motifs is 1. The Balaban J connectivity index is 2.59. The number of terminal acetylenes is 1. The van der Waals surface area contributed by atoms with Crippen molar-refractivity contribution in [1.29, 1.82) is 0 Å².